The Morgan fingerprint density at radius 2 is 1.75 bits per heavy atom. The molecule has 9 heteroatoms. The second-order valence-electron chi connectivity index (χ2n) is 9.87. The van der Waals surface area contributed by atoms with Gasteiger partial charge in [-0.2, -0.15) is 0 Å². The van der Waals surface area contributed by atoms with E-state index in [1.807, 2.05) is 12.1 Å². The lowest BCUT2D eigenvalue weighted by molar-refractivity contribution is -0.150. The van der Waals surface area contributed by atoms with Gasteiger partial charge >= 0.3 is 6.03 Å². The van der Waals surface area contributed by atoms with E-state index < -0.39 is 6.10 Å². The van der Waals surface area contributed by atoms with Gasteiger partial charge < -0.3 is 30.1 Å². The number of β-amino-alcohol motifs (C(OH)–C–C–N with tert-alkyl or cyclic N) is 1. The molecule has 36 heavy (non-hydrogen) atoms. The molecule has 3 aliphatic rings. The first-order valence-corrected chi connectivity index (χ1v) is 12.9. The van der Waals surface area contributed by atoms with E-state index in [-0.39, 0.29) is 62.4 Å². The summed E-state index contributed by atoms with van der Waals surface area (Å²) in [5, 5.41) is 17.0. The van der Waals surface area contributed by atoms with Crippen LogP contribution in [0.1, 0.15) is 30.4 Å². The van der Waals surface area contributed by atoms with Crippen LogP contribution < -0.4 is 10.6 Å². The van der Waals surface area contributed by atoms with E-state index in [1.54, 1.807) is 29.2 Å². The van der Waals surface area contributed by atoms with Crippen LogP contribution in [0.25, 0.3) is 0 Å². The molecule has 0 saturated carbocycles. The summed E-state index contributed by atoms with van der Waals surface area (Å²) in [5.74, 6) is -0.0178. The minimum atomic E-state index is -0.791. The van der Waals surface area contributed by atoms with Crippen molar-refractivity contribution >= 4 is 29.2 Å². The first-order chi connectivity index (χ1) is 17.4. The van der Waals surface area contributed by atoms with E-state index >= 15 is 0 Å². The Bertz CT molecular complexity index is 1060. The highest BCUT2D eigenvalue weighted by atomic mass is 35.5. The molecular formula is C27H32ClN3O5. The van der Waals surface area contributed by atoms with E-state index in [0.29, 0.717) is 23.6 Å². The Kier molecular flexibility index (Phi) is 7.76. The zero-order valence-corrected chi connectivity index (χ0v) is 20.8. The molecule has 2 aromatic carbocycles. The summed E-state index contributed by atoms with van der Waals surface area (Å²) in [4.78, 5) is 27.6. The number of benzene rings is 2. The zero-order valence-electron chi connectivity index (χ0n) is 20.1. The van der Waals surface area contributed by atoms with Crippen LogP contribution in [-0.2, 0) is 27.1 Å². The number of carbonyl (C=O) groups is 2. The molecule has 0 unspecified atom stereocenters. The van der Waals surface area contributed by atoms with Gasteiger partial charge in [0.25, 0.3) is 0 Å². The maximum absolute atomic E-state index is 13.2. The maximum Gasteiger partial charge on any atom is 0.322 e. The van der Waals surface area contributed by atoms with Crippen LogP contribution in [0.2, 0.25) is 5.02 Å². The maximum atomic E-state index is 13.2. The highest BCUT2D eigenvalue weighted by Gasteiger charge is 2.40. The van der Waals surface area contributed by atoms with Gasteiger partial charge in [0.15, 0.2) is 0 Å². The Hall–Kier alpha value is -2.65. The number of urea groups is 1. The number of hydrogen-bond donors (Lipinski definition) is 3. The third kappa shape index (κ3) is 6.00. The first kappa shape index (κ1) is 25.0. The smallest absolute Gasteiger partial charge is 0.322 e. The molecule has 2 fully saturated rings. The van der Waals surface area contributed by atoms with Crippen molar-refractivity contribution in [1.29, 1.82) is 0 Å². The number of aliphatic hydroxyl groups is 1. The van der Waals surface area contributed by atoms with Gasteiger partial charge in [0, 0.05) is 16.8 Å². The number of aliphatic hydroxyl groups excluding tert-OH is 1. The molecule has 2 heterocycles. The first-order valence-electron chi connectivity index (χ1n) is 12.5. The summed E-state index contributed by atoms with van der Waals surface area (Å²) < 4.78 is 12.0. The fourth-order valence-electron chi connectivity index (χ4n) is 5.46. The van der Waals surface area contributed by atoms with E-state index in [0.717, 1.165) is 12.8 Å². The Morgan fingerprint density at radius 1 is 1.03 bits per heavy atom. The number of nitrogens with zero attached hydrogens (tertiary/aromatic N) is 1. The Labute approximate surface area is 215 Å². The summed E-state index contributed by atoms with van der Waals surface area (Å²) in [6, 6.07) is 14.7. The van der Waals surface area contributed by atoms with Crippen LogP contribution in [0.4, 0.5) is 10.5 Å². The topological polar surface area (TPSA) is 100 Å². The van der Waals surface area contributed by atoms with Gasteiger partial charge in [-0.25, -0.2) is 4.79 Å². The minimum absolute atomic E-state index is 0.0178. The average molecular weight is 514 g/mol. The van der Waals surface area contributed by atoms with Gasteiger partial charge in [-0.3, -0.25) is 4.79 Å². The quantitative estimate of drug-likeness (QED) is 0.583. The zero-order chi connectivity index (χ0) is 25.1. The molecule has 2 aromatic rings. The number of halogens is 1. The second-order valence-corrected chi connectivity index (χ2v) is 10.3. The SMILES string of the molecule is O=C(C[C@@H]1CC[C@H]2[C@@H](COC[C@@H](O)CN2C(=O)Nc2ccc(Cl)cc2)O1)NC1Cc2ccccc2C1. The molecule has 3 N–H and O–H groups in total. The number of ether oxygens (including phenoxy) is 2. The van der Waals surface area contributed by atoms with Crippen LogP contribution in [0.15, 0.2) is 48.5 Å². The molecule has 4 atom stereocenters. The third-order valence-corrected chi connectivity index (χ3v) is 7.42. The number of carbonyl (C=O) groups excluding carboxylic acids is 2. The average Bonchev–Trinajstić information content (AvgIpc) is 3.25. The lowest BCUT2D eigenvalue weighted by Gasteiger charge is -2.44. The number of fused-ring (bicyclic) bond motifs is 2. The molecule has 0 spiro atoms. The van der Waals surface area contributed by atoms with Gasteiger partial charge in [-0.15, -0.1) is 0 Å². The van der Waals surface area contributed by atoms with Gasteiger partial charge in [0.1, 0.15) is 6.10 Å². The largest absolute Gasteiger partial charge is 0.389 e. The molecular weight excluding hydrogens is 482 g/mol. The van der Waals surface area contributed by atoms with E-state index in [4.69, 9.17) is 21.1 Å². The lowest BCUT2D eigenvalue weighted by Crippen LogP contribution is -2.58. The summed E-state index contributed by atoms with van der Waals surface area (Å²) in [7, 11) is 0. The number of anilines is 1. The highest BCUT2D eigenvalue weighted by Crippen LogP contribution is 2.29. The Balaban J connectivity index is 1.18. The van der Waals surface area contributed by atoms with Crippen molar-refractivity contribution in [1.82, 2.24) is 10.2 Å². The fraction of sp³-hybridized carbons (Fsp3) is 0.481. The Morgan fingerprint density at radius 3 is 2.47 bits per heavy atom. The summed E-state index contributed by atoms with van der Waals surface area (Å²) in [6.07, 6.45) is 1.86. The summed E-state index contributed by atoms with van der Waals surface area (Å²) in [5.41, 5.74) is 3.21. The molecule has 2 saturated heterocycles. The van der Waals surface area contributed by atoms with Crippen molar-refractivity contribution in [3.05, 3.63) is 64.7 Å². The van der Waals surface area contributed by atoms with Crippen molar-refractivity contribution < 1.29 is 24.2 Å². The molecule has 192 valence electrons. The number of hydrogen-bond acceptors (Lipinski definition) is 5. The summed E-state index contributed by atoms with van der Waals surface area (Å²) in [6.45, 7) is 0.505. The standard InChI is InChI=1S/C27H32ClN3O5/c28-19-5-7-20(8-6-19)30-27(34)31-14-22(32)15-35-16-25-24(31)10-9-23(36-25)13-26(33)29-21-11-17-3-1-2-4-18(17)12-21/h1-8,21-25,32H,9-16H2,(H,29,33)(H,30,34)/t22-,23-,24-,25+/m0/s1. The van der Waals surface area contributed by atoms with Crippen LogP contribution >= 0.6 is 11.6 Å². The normalized spacial score (nSPS) is 26.3. The number of amides is 3. The van der Waals surface area contributed by atoms with Crippen molar-refractivity contribution in [2.24, 2.45) is 0 Å². The second kappa shape index (κ2) is 11.2. The van der Waals surface area contributed by atoms with E-state index in [2.05, 4.69) is 22.8 Å². The summed E-state index contributed by atoms with van der Waals surface area (Å²) >= 11 is 5.95. The van der Waals surface area contributed by atoms with Crippen molar-refractivity contribution in [2.45, 2.75) is 62.5 Å². The van der Waals surface area contributed by atoms with Crippen LogP contribution in [0.3, 0.4) is 0 Å². The monoisotopic (exact) mass is 513 g/mol. The van der Waals surface area contributed by atoms with Gasteiger partial charge in [-0.1, -0.05) is 35.9 Å². The molecule has 3 amide bonds. The molecule has 0 bridgehead atoms. The van der Waals surface area contributed by atoms with Crippen LogP contribution in [0, 0.1) is 0 Å². The number of rotatable bonds is 4. The predicted molar refractivity (Wildman–Crippen MR) is 136 cm³/mol. The van der Waals surface area contributed by atoms with Gasteiger partial charge in [0.2, 0.25) is 5.91 Å². The van der Waals surface area contributed by atoms with Crippen molar-refractivity contribution in [2.75, 3.05) is 25.1 Å². The van der Waals surface area contributed by atoms with Crippen LogP contribution in [0.5, 0.6) is 0 Å². The molecule has 5 rings (SSSR count). The number of nitrogens with one attached hydrogen (secondary N) is 2. The molecule has 8 nitrogen and oxygen atoms in total. The van der Waals surface area contributed by atoms with Gasteiger partial charge in [-0.05, 0) is 61.1 Å². The lowest BCUT2D eigenvalue weighted by atomic mass is 9.95. The third-order valence-electron chi connectivity index (χ3n) is 7.17. The van der Waals surface area contributed by atoms with Crippen molar-refractivity contribution in [3.63, 3.8) is 0 Å². The minimum Gasteiger partial charge on any atom is -0.389 e. The fourth-order valence-corrected chi connectivity index (χ4v) is 5.58. The highest BCUT2D eigenvalue weighted by molar-refractivity contribution is 6.30. The van der Waals surface area contributed by atoms with Crippen LogP contribution in [-0.4, -0.2) is 72.1 Å². The van der Waals surface area contributed by atoms with Gasteiger partial charge in [0.05, 0.1) is 44.4 Å². The molecule has 0 aromatic heterocycles. The molecule has 2 aliphatic heterocycles. The molecule has 1 aliphatic carbocycles. The van der Waals surface area contributed by atoms with E-state index in [1.165, 1.54) is 11.1 Å². The van der Waals surface area contributed by atoms with Crippen molar-refractivity contribution in [3.8, 4) is 0 Å². The molecule has 0 radical (unpaired) electrons. The predicted octanol–water partition coefficient (Wildman–Crippen LogP) is 3.15. The van der Waals surface area contributed by atoms with E-state index in [9.17, 15) is 14.7 Å².